The number of anilines is 2. The fourth-order valence-electron chi connectivity index (χ4n) is 1.08. The van der Waals surface area contributed by atoms with E-state index in [1.165, 1.54) is 7.11 Å². The third-order valence-corrected chi connectivity index (χ3v) is 2.23. The molecule has 1 amide bonds. The summed E-state index contributed by atoms with van der Waals surface area (Å²) in [6, 6.07) is 3.15. The lowest BCUT2D eigenvalue weighted by Gasteiger charge is -2.10. The van der Waals surface area contributed by atoms with Crippen LogP contribution in [-0.2, 0) is 4.79 Å². The van der Waals surface area contributed by atoms with Gasteiger partial charge < -0.3 is 15.8 Å². The average molecular weight is 229 g/mol. The number of benzene rings is 1. The Morgan fingerprint density at radius 3 is 2.80 bits per heavy atom. The van der Waals surface area contributed by atoms with Gasteiger partial charge >= 0.3 is 0 Å². The van der Waals surface area contributed by atoms with E-state index in [2.05, 4.69) is 5.32 Å². The van der Waals surface area contributed by atoms with Gasteiger partial charge in [0, 0.05) is 12.5 Å². The fraction of sp³-hybridized carbons (Fsp3) is 0.300. The Balaban J connectivity index is 3.02. The normalized spacial score (nSPS) is 9.80. The van der Waals surface area contributed by atoms with Crippen LogP contribution in [0.25, 0.3) is 0 Å². The van der Waals surface area contributed by atoms with E-state index >= 15 is 0 Å². The van der Waals surface area contributed by atoms with Crippen molar-refractivity contribution in [2.45, 2.75) is 13.3 Å². The van der Waals surface area contributed by atoms with Crippen LogP contribution < -0.4 is 15.8 Å². The summed E-state index contributed by atoms with van der Waals surface area (Å²) in [7, 11) is 1.50. The first kappa shape index (κ1) is 11.7. The van der Waals surface area contributed by atoms with Gasteiger partial charge in [0.2, 0.25) is 5.91 Å². The lowest BCUT2D eigenvalue weighted by Crippen LogP contribution is -2.10. The van der Waals surface area contributed by atoms with Crippen LogP contribution in [0, 0.1) is 0 Å². The molecule has 1 aromatic rings. The highest BCUT2D eigenvalue weighted by atomic mass is 35.5. The second-order valence-electron chi connectivity index (χ2n) is 2.98. The van der Waals surface area contributed by atoms with E-state index in [4.69, 9.17) is 22.1 Å². The number of hydrogen-bond acceptors (Lipinski definition) is 3. The highest BCUT2D eigenvalue weighted by molar-refractivity contribution is 6.34. The fourth-order valence-corrected chi connectivity index (χ4v) is 1.30. The summed E-state index contributed by atoms with van der Waals surface area (Å²) in [5, 5.41) is 3.05. The van der Waals surface area contributed by atoms with Gasteiger partial charge in [0.15, 0.2) is 0 Å². The second kappa shape index (κ2) is 4.89. The van der Waals surface area contributed by atoms with Gasteiger partial charge in [0.25, 0.3) is 0 Å². The molecule has 0 aliphatic rings. The number of nitrogens with one attached hydrogen (secondary N) is 1. The summed E-state index contributed by atoms with van der Waals surface area (Å²) in [4.78, 5) is 11.2. The van der Waals surface area contributed by atoms with Gasteiger partial charge in [-0.1, -0.05) is 18.5 Å². The topological polar surface area (TPSA) is 64.3 Å². The van der Waals surface area contributed by atoms with Crippen LogP contribution in [0.4, 0.5) is 11.4 Å². The molecule has 4 nitrogen and oxygen atoms in total. The zero-order chi connectivity index (χ0) is 11.4. The molecule has 0 spiro atoms. The van der Waals surface area contributed by atoms with E-state index in [0.717, 1.165) is 0 Å². The molecule has 0 unspecified atom stereocenters. The lowest BCUT2D eigenvalue weighted by atomic mass is 10.2. The van der Waals surface area contributed by atoms with E-state index in [-0.39, 0.29) is 5.91 Å². The van der Waals surface area contributed by atoms with E-state index < -0.39 is 0 Å². The maximum atomic E-state index is 11.2. The number of nitrogens with two attached hydrogens (primary N) is 1. The molecule has 0 atom stereocenters. The van der Waals surface area contributed by atoms with Crippen molar-refractivity contribution in [3.63, 3.8) is 0 Å². The maximum Gasteiger partial charge on any atom is 0.224 e. The monoisotopic (exact) mass is 228 g/mol. The number of hydrogen-bond donors (Lipinski definition) is 2. The van der Waals surface area contributed by atoms with Crippen LogP contribution in [0.15, 0.2) is 12.1 Å². The van der Waals surface area contributed by atoms with Crippen molar-refractivity contribution >= 4 is 28.9 Å². The molecule has 82 valence electrons. The average Bonchev–Trinajstić information content (AvgIpc) is 2.21. The van der Waals surface area contributed by atoms with E-state index in [1.54, 1.807) is 19.1 Å². The van der Waals surface area contributed by atoms with Crippen molar-refractivity contribution in [2.75, 3.05) is 18.2 Å². The van der Waals surface area contributed by atoms with Crippen LogP contribution in [0.3, 0.4) is 0 Å². The smallest absolute Gasteiger partial charge is 0.224 e. The van der Waals surface area contributed by atoms with Crippen molar-refractivity contribution in [3.8, 4) is 5.75 Å². The van der Waals surface area contributed by atoms with Gasteiger partial charge in [0.1, 0.15) is 5.75 Å². The number of methoxy groups -OCH3 is 1. The molecule has 1 aromatic carbocycles. The van der Waals surface area contributed by atoms with Crippen molar-refractivity contribution in [1.82, 2.24) is 0 Å². The summed E-state index contributed by atoms with van der Waals surface area (Å²) >= 11 is 5.91. The quantitative estimate of drug-likeness (QED) is 0.781. The predicted octanol–water partition coefficient (Wildman–Crippen LogP) is 2.28. The van der Waals surface area contributed by atoms with E-state index in [1.807, 2.05) is 0 Å². The van der Waals surface area contributed by atoms with Gasteiger partial charge in [0.05, 0.1) is 23.5 Å². The van der Waals surface area contributed by atoms with Crippen molar-refractivity contribution in [2.24, 2.45) is 0 Å². The summed E-state index contributed by atoms with van der Waals surface area (Å²) in [5.41, 5.74) is 6.59. The number of ether oxygens (including phenoxy) is 1. The Kier molecular flexibility index (Phi) is 3.80. The molecule has 0 heterocycles. The van der Waals surface area contributed by atoms with Gasteiger partial charge in [-0.3, -0.25) is 4.79 Å². The van der Waals surface area contributed by atoms with Gasteiger partial charge in [-0.15, -0.1) is 0 Å². The molecule has 0 aromatic heterocycles. The first-order chi connectivity index (χ1) is 7.08. The van der Waals surface area contributed by atoms with Crippen molar-refractivity contribution in [1.29, 1.82) is 0 Å². The SMILES string of the molecule is CCC(=O)Nc1cc(OC)c(N)cc1Cl. The van der Waals surface area contributed by atoms with Crippen LogP contribution >= 0.6 is 11.6 Å². The molecule has 3 N–H and O–H groups in total. The molecule has 0 radical (unpaired) electrons. The minimum Gasteiger partial charge on any atom is -0.495 e. The standard InChI is InChI=1S/C10H13ClN2O2/c1-3-10(14)13-8-5-9(15-2)7(12)4-6(8)11/h4-5H,3,12H2,1-2H3,(H,13,14). The summed E-state index contributed by atoms with van der Waals surface area (Å²) < 4.78 is 5.02. The van der Waals surface area contributed by atoms with Crippen molar-refractivity contribution < 1.29 is 9.53 Å². The number of nitrogen functional groups attached to an aromatic ring is 1. The summed E-state index contributed by atoms with van der Waals surface area (Å²) in [6.07, 6.45) is 0.392. The van der Waals surface area contributed by atoms with Crippen molar-refractivity contribution in [3.05, 3.63) is 17.2 Å². The molecule has 0 aliphatic heterocycles. The molecule has 5 heteroatoms. The molecular weight excluding hydrogens is 216 g/mol. The maximum absolute atomic E-state index is 11.2. The highest BCUT2D eigenvalue weighted by Crippen LogP contribution is 2.32. The Hall–Kier alpha value is -1.42. The van der Waals surface area contributed by atoms with Gasteiger partial charge in [-0.05, 0) is 6.07 Å². The Morgan fingerprint density at radius 2 is 2.27 bits per heavy atom. The summed E-state index contributed by atoms with van der Waals surface area (Å²) in [5.74, 6) is 0.384. The molecule has 0 fully saturated rings. The van der Waals surface area contributed by atoms with Gasteiger partial charge in [-0.2, -0.15) is 0 Å². The molecule has 0 saturated carbocycles. The number of halogens is 1. The summed E-state index contributed by atoms with van der Waals surface area (Å²) in [6.45, 7) is 1.76. The third kappa shape index (κ3) is 2.76. The number of carbonyl (C=O) groups is 1. The first-order valence-corrected chi connectivity index (χ1v) is 4.89. The molecule has 0 bridgehead atoms. The minimum absolute atomic E-state index is 0.108. The zero-order valence-electron chi connectivity index (χ0n) is 8.63. The molecule has 0 saturated heterocycles. The molecular formula is C10H13ClN2O2. The van der Waals surface area contributed by atoms with E-state index in [0.29, 0.717) is 28.6 Å². The minimum atomic E-state index is -0.108. The third-order valence-electron chi connectivity index (χ3n) is 1.91. The van der Waals surface area contributed by atoms with E-state index in [9.17, 15) is 4.79 Å². The number of rotatable bonds is 3. The molecule has 0 aliphatic carbocycles. The Morgan fingerprint density at radius 1 is 1.60 bits per heavy atom. The van der Waals surface area contributed by atoms with Gasteiger partial charge in [-0.25, -0.2) is 0 Å². The zero-order valence-corrected chi connectivity index (χ0v) is 9.39. The Labute approximate surface area is 93.4 Å². The predicted molar refractivity (Wildman–Crippen MR) is 61.3 cm³/mol. The highest BCUT2D eigenvalue weighted by Gasteiger charge is 2.08. The number of amides is 1. The van der Waals surface area contributed by atoms with Crippen LogP contribution in [-0.4, -0.2) is 13.0 Å². The second-order valence-corrected chi connectivity index (χ2v) is 3.38. The van der Waals surface area contributed by atoms with Crippen LogP contribution in [0.1, 0.15) is 13.3 Å². The van der Waals surface area contributed by atoms with Crippen LogP contribution in [0.5, 0.6) is 5.75 Å². The first-order valence-electron chi connectivity index (χ1n) is 4.51. The van der Waals surface area contributed by atoms with Crippen LogP contribution in [0.2, 0.25) is 5.02 Å². The Bertz CT molecular complexity index is 380. The molecule has 15 heavy (non-hydrogen) atoms. The number of carbonyl (C=O) groups excluding carboxylic acids is 1. The lowest BCUT2D eigenvalue weighted by molar-refractivity contribution is -0.115. The molecule has 1 rings (SSSR count). The largest absolute Gasteiger partial charge is 0.495 e.